The number of aromatic amines is 1. The fourth-order valence-corrected chi connectivity index (χ4v) is 3.31. The van der Waals surface area contributed by atoms with Crippen molar-refractivity contribution >= 4 is 44.5 Å². The lowest BCUT2D eigenvalue weighted by molar-refractivity contribution is 0.112. The molecular weight excluding hydrogens is 310 g/mol. The number of carbonyl (C=O) groups excluding carboxylic acids is 1. The zero-order chi connectivity index (χ0) is 12.7. The maximum absolute atomic E-state index is 11.4. The van der Waals surface area contributed by atoms with Gasteiger partial charge in [0.25, 0.3) is 0 Å². The molecule has 2 heterocycles. The average Bonchev–Trinajstić information content (AvgIpc) is 2.91. The first-order valence-electron chi connectivity index (χ1n) is 5.52. The lowest BCUT2D eigenvalue weighted by atomic mass is 10.1. The number of nitrogens with one attached hydrogen (secondary N) is 1. The molecular formula is C14H10BrNOS. The van der Waals surface area contributed by atoms with Crippen LogP contribution in [0.25, 0.3) is 21.5 Å². The average molecular weight is 320 g/mol. The van der Waals surface area contributed by atoms with Crippen LogP contribution in [-0.4, -0.2) is 11.3 Å². The second-order valence-corrected chi connectivity index (χ2v) is 6.34. The van der Waals surface area contributed by atoms with E-state index in [0.717, 1.165) is 37.8 Å². The number of H-pyrrole nitrogens is 1. The maximum Gasteiger partial charge on any atom is 0.152 e. The summed E-state index contributed by atoms with van der Waals surface area (Å²) in [5, 5.41) is 0.959. The van der Waals surface area contributed by atoms with Crippen molar-refractivity contribution in [2.75, 3.05) is 0 Å². The van der Waals surface area contributed by atoms with Crippen molar-refractivity contribution in [2.45, 2.75) is 6.92 Å². The Balaban J connectivity index is 2.32. The highest BCUT2D eigenvalue weighted by Crippen LogP contribution is 2.34. The summed E-state index contributed by atoms with van der Waals surface area (Å²) >= 11 is 5.13. The molecule has 0 atom stereocenters. The molecule has 3 rings (SSSR count). The third-order valence-corrected chi connectivity index (χ3v) is 4.42. The van der Waals surface area contributed by atoms with Crippen molar-refractivity contribution in [3.63, 3.8) is 0 Å². The number of hydrogen-bond acceptors (Lipinski definition) is 2. The molecule has 0 unspecified atom stereocenters. The van der Waals surface area contributed by atoms with Crippen LogP contribution in [0.15, 0.2) is 34.8 Å². The first kappa shape index (κ1) is 11.7. The Labute approximate surface area is 117 Å². The first-order valence-corrected chi connectivity index (χ1v) is 7.13. The van der Waals surface area contributed by atoms with Gasteiger partial charge in [-0.2, -0.15) is 0 Å². The Morgan fingerprint density at radius 2 is 2.11 bits per heavy atom. The highest BCUT2D eigenvalue weighted by atomic mass is 79.9. The summed E-state index contributed by atoms with van der Waals surface area (Å²) in [6.45, 7) is 2.06. The number of carbonyl (C=O) groups is 1. The summed E-state index contributed by atoms with van der Waals surface area (Å²) in [6.07, 6.45) is 0.926. The molecule has 0 amide bonds. The van der Waals surface area contributed by atoms with Gasteiger partial charge >= 0.3 is 0 Å². The minimum atomic E-state index is 0.730. The smallest absolute Gasteiger partial charge is 0.152 e. The zero-order valence-corrected chi connectivity index (χ0v) is 12.1. The molecule has 3 aromatic rings. The van der Waals surface area contributed by atoms with Gasteiger partial charge in [0, 0.05) is 25.8 Å². The molecule has 90 valence electrons. The molecule has 2 nitrogen and oxygen atoms in total. The van der Waals surface area contributed by atoms with E-state index in [1.165, 1.54) is 4.88 Å². The van der Waals surface area contributed by atoms with Crippen LogP contribution < -0.4 is 0 Å². The molecule has 0 bridgehead atoms. The van der Waals surface area contributed by atoms with Crippen LogP contribution in [0, 0.1) is 6.92 Å². The van der Waals surface area contributed by atoms with E-state index in [0.29, 0.717) is 0 Å². The zero-order valence-electron chi connectivity index (χ0n) is 9.66. The molecule has 1 aromatic carbocycles. The summed E-state index contributed by atoms with van der Waals surface area (Å²) in [7, 11) is 0. The molecule has 2 aromatic heterocycles. The van der Waals surface area contributed by atoms with Crippen molar-refractivity contribution < 1.29 is 4.79 Å². The van der Waals surface area contributed by atoms with E-state index in [1.54, 1.807) is 11.3 Å². The predicted molar refractivity (Wildman–Crippen MR) is 79.4 cm³/mol. The maximum atomic E-state index is 11.4. The van der Waals surface area contributed by atoms with Gasteiger partial charge in [0.2, 0.25) is 0 Å². The summed E-state index contributed by atoms with van der Waals surface area (Å²) < 4.78 is 0.978. The normalized spacial score (nSPS) is 11.0. The summed E-state index contributed by atoms with van der Waals surface area (Å²) in [5.74, 6) is 0. The summed E-state index contributed by atoms with van der Waals surface area (Å²) in [6, 6.07) is 10.0. The Bertz CT molecular complexity index is 741. The summed E-state index contributed by atoms with van der Waals surface area (Å²) in [4.78, 5) is 17.0. The Kier molecular flexibility index (Phi) is 2.84. The van der Waals surface area contributed by atoms with Crippen molar-refractivity contribution in [1.29, 1.82) is 0 Å². The number of aldehydes is 1. The van der Waals surface area contributed by atoms with Gasteiger partial charge in [0.1, 0.15) is 0 Å². The number of rotatable bonds is 2. The molecule has 0 radical (unpaired) electrons. The van der Waals surface area contributed by atoms with Gasteiger partial charge < -0.3 is 4.98 Å². The number of hydrogen-bond donors (Lipinski definition) is 1. The Hall–Kier alpha value is -1.39. The van der Waals surface area contributed by atoms with Crippen LogP contribution >= 0.6 is 27.3 Å². The molecule has 4 heteroatoms. The van der Waals surface area contributed by atoms with E-state index >= 15 is 0 Å². The number of aryl methyl sites for hydroxylation is 1. The molecule has 0 saturated heterocycles. The van der Waals surface area contributed by atoms with Gasteiger partial charge in [-0.3, -0.25) is 4.79 Å². The Morgan fingerprint density at radius 1 is 1.28 bits per heavy atom. The lowest BCUT2D eigenvalue weighted by Crippen LogP contribution is -1.80. The highest BCUT2D eigenvalue weighted by Gasteiger charge is 2.13. The topological polar surface area (TPSA) is 32.9 Å². The van der Waals surface area contributed by atoms with E-state index < -0.39 is 0 Å². The number of fused-ring (bicyclic) bond motifs is 1. The van der Waals surface area contributed by atoms with Crippen LogP contribution in [0.5, 0.6) is 0 Å². The van der Waals surface area contributed by atoms with Crippen molar-refractivity contribution in [1.82, 2.24) is 4.98 Å². The molecule has 0 fully saturated rings. The molecule has 0 spiro atoms. The number of halogens is 1. The van der Waals surface area contributed by atoms with Gasteiger partial charge in [-0.25, -0.2) is 0 Å². The van der Waals surface area contributed by atoms with Crippen molar-refractivity contribution in [3.8, 4) is 10.6 Å². The van der Waals surface area contributed by atoms with Gasteiger partial charge in [0.15, 0.2) is 6.29 Å². The van der Waals surface area contributed by atoms with E-state index in [-0.39, 0.29) is 0 Å². The SMILES string of the molecule is Cc1ccc(-c2[nH]c3ccc(Br)cc3c2C=O)s1. The molecule has 18 heavy (non-hydrogen) atoms. The molecule has 0 aliphatic rings. The van der Waals surface area contributed by atoms with Crippen LogP contribution in [0.1, 0.15) is 15.2 Å². The fraction of sp³-hybridized carbons (Fsp3) is 0.0714. The van der Waals surface area contributed by atoms with Crippen LogP contribution in [0.4, 0.5) is 0 Å². The first-order chi connectivity index (χ1) is 8.69. The monoisotopic (exact) mass is 319 g/mol. The standard InChI is InChI=1S/C14H10BrNOS/c1-8-2-5-13(18-8)14-11(7-17)10-6-9(15)3-4-12(10)16-14/h2-7,16H,1H3. The largest absolute Gasteiger partial charge is 0.353 e. The van der Waals surface area contributed by atoms with Gasteiger partial charge in [-0.15, -0.1) is 11.3 Å². The predicted octanol–water partition coefficient (Wildman–Crippen LogP) is 4.78. The second kappa shape index (κ2) is 4.37. The van der Waals surface area contributed by atoms with E-state index in [2.05, 4.69) is 33.9 Å². The number of benzene rings is 1. The van der Waals surface area contributed by atoms with E-state index in [4.69, 9.17) is 0 Å². The third kappa shape index (κ3) is 1.82. The quantitative estimate of drug-likeness (QED) is 0.677. The van der Waals surface area contributed by atoms with Gasteiger partial charge in [-0.05, 0) is 37.3 Å². The van der Waals surface area contributed by atoms with E-state index in [1.807, 2.05) is 24.3 Å². The minimum absolute atomic E-state index is 0.730. The van der Waals surface area contributed by atoms with Crippen LogP contribution in [-0.2, 0) is 0 Å². The van der Waals surface area contributed by atoms with Crippen molar-refractivity contribution in [3.05, 3.63) is 45.2 Å². The van der Waals surface area contributed by atoms with Gasteiger partial charge in [-0.1, -0.05) is 15.9 Å². The van der Waals surface area contributed by atoms with Crippen LogP contribution in [0.2, 0.25) is 0 Å². The van der Waals surface area contributed by atoms with E-state index in [9.17, 15) is 4.79 Å². The fourth-order valence-electron chi connectivity index (χ4n) is 2.07. The minimum Gasteiger partial charge on any atom is -0.353 e. The summed E-state index contributed by atoms with van der Waals surface area (Å²) in [5.41, 5.74) is 2.63. The molecule has 0 saturated carbocycles. The van der Waals surface area contributed by atoms with Crippen molar-refractivity contribution in [2.24, 2.45) is 0 Å². The Morgan fingerprint density at radius 3 is 2.78 bits per heavy atom. The lowest BCUT2D eigenvalue weighted by Gasteiger charge is -1.94. The molecule has 0 aliphatic heterocycles. The second-order valence-electron chi connectivity index (χ2n) is 4.13. The third-order valence-electron chi connectivity index (χ3n) is 2.91. The molecule has 0 aliphatic carbocycles. The number of aromatic nitrogens is 1. The van der Waals surface area contributed by atoms with Gasteiger partial charge in [0.05, 0.1) is 10.6 Å². The highest BCUT2D eigenvalue weighted by molar-refractivity contribution is 9.10. The van der Waals surface area contributed by atoms with Crippen LogP contribution in [0.3, 0.4) is 0 Å². The number of thiophene rings is 1. The molecule has 1 N–H and O–H groups in total.